The first kappa shape index (κ1) is 6.63. The Morgan fingerprint density at radius 2 is 2.62 bits per heavy atom. The minimum atomic E-state index is -0.141. The van der Waals surface area contributed by atoms with Gasteiger partial charge in [-0.3, -0.25) is 4.79 Å². The lowest BCUT2D eigenvalue weighted by atomic mass is 10.8. The van der Waals surface area contributed by atoms with E-state index in [-0.39, 0.29) is 6.61 Å². The van der Waals surface area contributed by atoms with Crippen molar-refractivity contribution < 1.29 is 9.63 Å². The van der Waals surface area contributed by atoms with Gasteiger partial charge in [0.05, 0.1) is 0 Å². The molecule has 8 heavy (non-hydrogen) atoms. The smallest absolute Gasteiger partial charge is 0.248 e. The van der Waals surface area contributed by atoms with E-state index in [1.54, 1.807) is 6.07 Å². The second kappa shape index (κ2) is 5.63. The lowest BCUT2D eigenvalue weighted by Gasteiger charge is -1.81. The van der Waals surface area contributed by atoms with Gasteiger partial charge in [0, 0.05) is 0 Å². The van der Waals surface area contributed by atoms with Crippen LogP contribution in [0.4, 0.5) is 0 Å². The molecule has 0 aromatic rings. The van der Waals surface area contributed by atoms with Crippen molar-refractivity contribution in [3.8, 4) is 6.07 Å². The van der Waals surface area contributed by atoms with Gasteiger partial charge in [0.2, 0.25) is 12.9 Å². The van der Waals surface area contributed by atoms with E-state index in [1.165, 1.54) is 6.29 Å². The first-order valence-corrected chi connectivity index (χ1v) is 1.80. The van der Waals surface area contributed by atoms with Gasteiger partial charge >= 0.3 is 0 Å². The summed E-state index contributed by atoms with van der Waals surface area (Å²) in [5.74, 6) is 0. The first-order valence-electron chi connectivity index (χ1n) is 1.80. The lowest BCUT2D eigenvalue weighted by molar-refractivity contribution is 0.180. The van der Waals surface area contributed by atoms with E-state index in [1.807, 2.05) is 0 Å². The average Bonchev–Trinajstić information content (AvgIpc) is 1.81. The van der Waals surface area contributed by atoms with E-state index in [9.17, 15) is 4.79 Å². The van der Waals surface area contributed by atoms with Gasteiger partial charge in [-0.05, 0) is 0 Å². The highest BCUT2D eigenvalue weighted by Gasteiger charge is 1.72. The highest BCUT2D eigenvalue weighted by Crippen LogP contribution is 1.67. The van der Waals surface area contributed by atoms with Gasteiger partial charge in [0.1, 0.15) is 12.3 Å². The predicted molar refractivity (Wildman–Crippen MR) is 25.8 cm³/mol. The molecule has 0 aliphatic heterocycles. The molecule has 0 amide bonds. The fourth-order valence-electron chi connectivity index (χ4n) is 0.125. The topological polar surface area (TPSA) is 62.4 Å². The molecule has 1 radical (unpaired) electrons. The Kier molecular flexibility index (Phi) is 4.67. The number of carbonyl (C=O) groups excluding carboxylic acids is 1. The first-order chi connectivity index (χ1) is 3.91. The maximum Gasteiger partial charge on any atom is 0.248 e. The third kappa shape index (κ3) is 4.63. The van der Waals surface area contributed by atoms with E-state index in [4.69, 9.17) is 5.26 Å². The van der Waals surface area contributed by atoms with Crippen LogP contribution in [0.5, 0.6) is 0 Å². The molecule has 0 saturated heterocycles. The maximum atomic E-state index is 9.33. The molecule has 0 aliphatic rings. The summed E-state index contributed by atoms with van der Waals surface area (Å²) in [6.07, 6.45) is 2.15. The quantitative estimate of drug-likeness (QED) is 0.283. The summed E-state index contributed by atoms with van der Waals surface area (Å²) in [6.45, 7) is -0.141. The predicted octanol–water partition coefficient (Wildman–Crippen LogP) is -0.378. The van der Waals surface area contributed by atoms with E-state index in [0.29, 0.717) is 0 Å². The Balaban J connectivity index is 3.06. The van der Waals surface area contributed by atoms with Crippen LogP contribution in [0.25, 0.3) is 0 Å². The molecule has 0 N–H and O–H groups in total. The molecule has 0 saturated carbocycles. The second-order valence-electron chi connectivity index (χ2n) is 0.784. The zero-order chi connectivity index (χ0) is 6.24. The number of hydrogen-bond acceptors (Lipinski definition) is 4. The monoisotopic (exact) mass is 111 g/mol. The normalized spacial score (nSPS) is 8.38. The average molecular weight is 111 g/mol. The van der Waals surface area contributed by atoms with E-state index >= 15 is 0 Å². The molecule has 0 bridgehead atoms. The fourth-order valence-corrected chi connectivity index (χ4v) is 0.125. The van der Waals surface area contributed by atoms with Crippen molar-refractivity contribution in [2.75, 3.05) is 6.61 Å². The van der Waals surface area contributed by atoms with Crippen molar-refractivity contribution in [3.63, 3.8) is 0 Å². The Labute approximate surface area is 46.4 Å². The molecule has 0 aromatic heterocycles. The number of nitriles is 1. The van der Waals surface area contributed by atoms with Crippen molar-refractivity contribution >= 4 is 12.5 Å². The van der Waals surface area contributed by atoms with Crippen LogP contribution in [0.3, 0.4) is 0 Å². The van der Waals surface area contributed by atoms with Crippen LogP contribution < -0.4 is 0 Å². The molecule has 0 heterocycles. The van der Waals surface area contributed by atoms with Gasteiger partial charge in [0.25, 0.3) is 0 Å². The standard InChI is InChI=1S/C4H3N2O2/c5-1-4-8-6-2-3-7/h2H,4H2/b6-2-. The van der Waals surface area contributed by atoms with Crippen molar-refractivity contribution in [3.05, 3.63) is 0 Å². The molecule has 0 spiro atoms. The van der Waals surface area contributed by atoms with E-state index < -0.39 is 0 Å². The van der Waals surface area contributed by atoms with Crippen molar-refractivity contribution in [2.45, 2.75) is 0 Å². The molecule has 0 aliphatic carbocycles. The lowest BCUT2D eigenvalue weighted by Crippen LogP contribution is -1.82. The largest absolute Gasteiger partial charge is 0.380 e. The van der Waals surface area contributed by atoms with Crippen LogP contribution in [0, 0.1) is 11.3 Å². The SMILES string of the molecule is N#CCO/N=C\[C]=O. The van der Waals surface area contributed by atoms with E-state index in [0.717, 1.165) is 6.21 Å². The van der Waals surface area contributed by atoms with Gasteiger partial charge < -0.3 is 4.84 Å². The summed E-state index contributed by atoms with van der Waals surface area (Å²) in [4.78, 5) is 13.5. The van der Waals surface area contributed by atoms with Crippen molar-refractivity contribution in [1.82, 2.24) is 0 Å². The van der Waals surface area contributed by atoms with Gasteiger partial charge in [0.15, 0.2) is 0 Å². The van der Waals surface area contributed by atoms with Crippen LogP contribution in [-0.4, -0.2) is 19.1 Å². The van der Waals surface area contributed by atoms with E-state index in [2.05, 4.69) is 9.99 Å². The summed E-state index contributed by atoms with van der Waals surface area (Å²) in [6, 6.07) is 1.66. The maximum absolute atomic E-state index is 9.33. The summed E-state index contributed by atoms with van der Waals surface area (Å²) in [5, 5.41) is 10.8. The van der Waals surface area contributed by atoms with Crippen molar-refractivity contribution in [1.29, 1.82) is 5.26 Å². The highest BCUT2D eigenvalue weighted by atomic mass is 16.6. The van der Waals surface area contributed by atoms with Gasteiger partial charge in [-0.2, -0.15) is 5.26 Å². The number of oxime groups is 1. The summed E-state index contributed by atoms with van der Waals surface area (Å²) >= 11 is 0. The molecule has 0 rings (SSSR count). The molecule has 4 heteroatoms. The van der Waals surface area contributed by atoms with Gasteiger partial charge in [-0.1, -0.05) is 5.16 Å². The molecule has 4 nitrogen and oxygen atoms in total. The third-order valence-electron chi connectivity index (χ3n) is 0.309. The molecular formula is C4H3N2O2. The summed E-state index contributed by atoms with van der Waals surface area (Å²) in [5.41, 5.74) is 0. The zero-order valence-corrected chi connectivity index (χ0v) is 4.00. The Hall–Kier alpha value is -1.37. The Morgan fingerprint density at radius 3 is 3.12 bits per heavy atom. The van der Waals surface area contributed by atoms with Crippen LogP contribution in [0.2, 0.25) is 0 Å². The molecule has 0 unspecified atom stereocenters. The summed E-state index contributed by atoms with van der Waals surface area (Å²) < 4.78 is 0. The number of nitrogens with zero attached hydrogens (tertiary/aromatic N) is 2. The van der Waals surface area contributed by atoms with Crippen LogP contribution in [-0.2, 0) is 9.63 Å². The van der Waals surface area contributed by atoms with Crippen LogP contribution >= 0.6 is 0 Å². The van der Waals surface area contributed by atoms with Crippen molar-refractivity contribution in [2.24, 2.45) is 5.16 Å². The highest BCUT2D eigenvalue weighted by molar-refractivity contribution is 6.13. The Morgan fingerprint density at radius 1 is 1.88 bits per heavy atom. The third-order valence-corrected chi connectivity index (χ3v) is 0.309. The fraction of sp³-hybridized carbons (Fsp3) is 0.250. The number of hydrogen-bond donors (Lipinski definition) is 0. The minimum absolute atomic E-state index is 0.141. The van der Waals surface area contributed by atoms with Crippen LogP contribution in [0.1, 0.15) is 0 Å². The zero-order valence-electron chi connectivity index (χ0n) is 4.00. The minimum Gasteiger partial charge on any atom is -0.380 e. The molecule has 0 fully saturated rings. The molecular weight excluding hydrogens is 108 g/mol. The second-order valence-corrected chi connectivity index (χ2v) is 0.784. The molecule has 41 valence electrons. The summed E-state index contributed by atoms with van der Waals surface area (Å²) in [7, 11) is 0. The van der Waals surface area contributed by atoms with Crippen LogP contribution in [0.15, 0.2) is 5.16 Å². The molecule has 0 atom stereocenters. The molecule has 0 aromatic carbocycles. The van der Waals surface area contributed by atoms with Gasteiger partial charge in [-0.25, -0.2) is 0 Å². The Bertz CT molecular complexity index is 124. The number of rotatable bonds is 3. The van der Waals surface area contributed by atoms with Gasteiger partial charge in [-0.15, -0.1) is 0 Å².